The predicted octanol–water partition coefficient (Wildman–Crippen LogP) is 3.30. The number of hydrogen-bond acceptors (Lipinski definition) is 1. The first-order valence-electron chi connectivity index (χ1n) is 6.11. The molecular formula is C13H22N2. The monoisotopic (exact) mass is 206 g/mol. The molecule has 0 N–H and O–H groups in total. The summed E-state index contributed by atoms with van der Waals surface area (Å²) >= 11 is 0. The van der Waals surface area contributed by atoms with Gasteiger partial charge in [0.2, 0.25) is 0 Å². The zero-order valence-corrected chi connectivity index (χ0v) is 10.3. The summed E-state index contributed by atoms with van der Waals surface area (Å²) in [6, 6.07) is 0.686. The van der Waals surface area contributed by atoms with Gasteiger partial charge in [-0.25, -0.2) is 0 Å². The molecule has 1 aromatic heterocycles. The summed E-state index contributed by atoms with van der Waals surface area (Å²) < 4.78 is 2.18. The Kier molecular flexibility index (Phi) is 2.85. The van der Waals surface area contributed by atoms with E-state index < -0.39 is 0 Å². The molecule has 1 aliphatic carbocycles. The third-order valence-electron chi connectivity index (χ3n) is 3.30. The Morgan fingerprint density at radius 2 is 2.13 bits per heavy atom. The van der Waals surface area contributed by atoms with Crippen LogP contribution in [0.2, 0.25) is 0 Å². The lowest BCUT2D eigenvalue weighted by atomic mass is 10.1. The van der Waals surface area contributed by atoms with Crippen molar-refractivity contribution < 1.29 is 0 Å². The lowest BCUT2D eigenvalue weighted by Gasteiger charge is -2.03. The van der Waals surface area contributed by atoms with Crippen LogP contribution in [-0.4, -0.2) is 9.78 Å². The minimum absolute atomic E-state index is 0.686. The smallest absolute Gasteiger partial charge is 0.0554 e. The largest absolute Gasteiger partial charge is 0.269 e. The van der Waals surface area contributed by atoms with Gasteiger partial charge in [-0.1, -0.05) is 27.7 Å². The Labute approximate surface area is 92.7 Å². The second-order valence-corrected chi connectivity index (χ2v) is 5.64. The van der Waals surface area contributed by atoms with Crippen molar-refractivity contribution in [3.8, 4) is 0 Å². The molecule has 1 fully saturated rings. The van der Waals surface area contributed by atoms with E-state index in [0.717, 1.165) is 24.2 Å². The fraction of sp³-hybridized carbons (Fsp3) is 0.769. The van der Waals surface area contributed by atoms with Gasteiger partial charge in [-0.2, -0.15) is 5.10 Å². The number of aromatic nitrogens is 2. The van der Waals surface area contributed by atoms with Crippen molar-refractivity contribution in [1.29, 1.82) is 0 Å². The van der Waals surface area contributed by atoms with Gasteiger partial charge in [0, 0.05) is 6.20 Å². The molecule has 1 saturated carbocycles. The number of nitrogens with zero attached hydrogens (tertiary/aromatic N) is 2. The van der Waals surface area contributed by atoms with E-state index in [9.17, 15) is 0 Å². The molecule has 0 saturated heterocycles. The molecular weight excluding hydrogens is 184 g/mol. The summed E-state index contributed by atoms with van der Waals surface area (Å²) in [5.74, 6) is 2.38. The third kappa shape index (κ3) is 2.42. The molecule has 2 nitrogen and oxygen atoms in total. The lowest BCUT2D eigenvalue weighted by molar-refractivity contribution is 0.487. The van der Waals surface area contributed by atoms with Crippen LogP contribution in [0.3, 0.4) is 0 Å². The Bertz CT molecular complexity index is 325. The zero-order valence-electron chi connectivity index (χ0n) is 10.3. The highest BCUT2D eigenvalue weighted by Crippen LogP contribution is 2.47. The first-order chi connectivity index (χ1) is 7.08. The van der Waals surface area contributed by atoms with Crippen molar-refractivity contribution in [3.05, 3.63) is 18.0 Å². The van der Waals surface area contributed by atoms with Crippen LogP contribution in [0, 0.1) is 17.8 Å². The number of hydrogen-bond donors (Lipinski definition) is 0. The van der Waals surface area contributed by atoms with Gasteiger partial charge < -0.3 is 0 Å². The van der Waals surface area contributed by atoms with Gasteiger partial charge in [-0.15, -0.1) is 0 Å². The molecule has 0 radical (unpaired) electrons. The van der Waals surface area contributed by atoms with Crippen LogP contribution in [0.1, 0.15) is 45.7 Å². The lowest BCUT2D eigenvalue weighted by Crippen LogP contribution is -2.00. The molecule has 2 heteroatoms. The topological polar surface area (TPSA) is 17.8 Å². The SMILES string of the molecule is CC(C)Cc1cnn(C2C[C@@H]2C(C)C)c1. The van der Waals surface area contributed by atoms with Crippen LogP contribution >= 0.6 is 0 Å². The van der Waals surface area contributed by atoms with Gasteiger partial charge in [-0.3, -0.25) is 4.68 Å². The van der Waals surface area contributed by atoms with E-state index in [4.69, 9.17) is 0 Å². The molecule has 2 atom stereocenters. The first kappa shape index (κ1) is 10.7. The zero-order chi connectivity index (χ0) is 11.0. The first-order valence-corrected chi connectivity index (χ1v) is 6.11. The molecule has 2 rings (SSSR count). The van der Waals surface area contributed by atoms with Crippen molar-refractivity contribution in [3.63, 3.8) is 0 Å². The standard InChI is InChI=1S/C13H22N2/c1-9(2)5-11-7-14-15(8-11)13-6-12(13)10(3)4/h7-10,12-13H,5-6H2,1-4H3/t12-,13?/m1/s1. The van der Waals surface area contributed by atoms with Gasteiger partial charge in [-0.05, 0) is 36.2 Å². The van der Waals surface area contributed by atoms with Gasteiger partial charge in [0.05, 0.1) is 12.2 Å². The second-order valence-electron chi connectivity index (χ2n) is 5.64. The molecule has 84 valence electrons. The molecule has 0 bridgehead atoms. The normalized spacial score (nSPS) is 25.2. The summed E-state index contributed by atoms with van der Waals surface area (Å²) in [6.07, 6.45) is 6.75. The van der Waals surface area contributed by atoms with E-state index in [1.807, 2.05) is 6.20 Å². The van der Waals surface area contributed by atoms with Gasteiger partial charge in [0.15, 0.2) is 0 Å². The summed E-state index contributed by atoms with van der Waals surface area (Å²) in [7, 11) is 0. The maximum atomic E-state index is 4.48. The maximum absolute atomic E-state index is 4.48. The minimum Gasteiger partial charge on any atom is -0.269 e. The molecule has 1 aromatic rings. The molecule has 0 amide bonds. The van der Waals surface area contributed by atoms with Crippen molar-refractivity contribution in [2.24, 2.45) is 17.8 Å². The Hall–Kier alpha value is -0.790. The molecule has 0 aliphatic heterocycles. The summed E-state index contributed by atoms with van der Waals surface area (Å²) in [4.78, 5) is 0. The van der Waals surface area contributed by atoms with Gasteiger partial charge in [0.1, 0.15) is 0 Å². The summed E-state index contributed by atoms with van der Waals surface area (Å²) in [5.41, 5.74) is 1.39. The molecule has 0 spiro atoms. The van der Waals surface area contributed by atoms with E-state index in [1.54, 1.807) is 0 Å². The van der Waals surface area contributed by atoms with Crippen molar-refractivity contribution in [2.75, 3.05) is 0 Å². The maximum Gasteiger partial charge on any atom is 0.0554 e. The molecule has 15 heavy (non-hydrogen) atoms. The summed E-state index contributed by atoms with van der Waals surface area (Å²) in [6.45, 7) is 9.13. The van der Waals surface area contributed by atoms with Crippen LogP contribution in [-0.2, 0) is 6.42 Å². The van der Waals surface area contributed by atoms with E-state index in [1.165, 1.54) is 12.0 Å². The van der Waals surface area contributed by atoms with Gasteiger partial charge >= 0.3 is 0 Å². The second kappa shape index (κ2) is 3.99. The quantitative estimate of drug-likeness (QED) is 0.739. The highest BCUT2D eigenvalue weighted by molar-refractivity contribution is 5.07. The Morgan fingerprint density at radius 1 is 1.40 bits per heavy atom. The predicted molar refractivity (Wildman–Crippen MR) is 62.8 cm³/mol. The Morgan fingerprint density at radius 3 is 2.67 bits per heavy atom. The molecule has 1 heterocycles. The highest BCUT2D eigenvalue weighted by atomic mass is 15.3. The molecule has 1 aliphatic rings. The van der Waals surface area contributed by atoms with Crippen molar-refractivity contribution >= 4 is 0 Å². The third-order valence-corrected chi connectivity index (χ3v) is 3.30. The van der Waals surface area contributed by atoms with Gasteiger partial charge in [0.25, 0.3) is 0 Å². The van der Waals surface area contributed by atoms with E-state index in [0.29, 0.717) is 6.04 Å². The minimum atomic E-state index is 0.686. The van der Waals surface area contributed by atoms with E-state index in [-0.39, 0.29) is 0 Å². The van der Waals surface area contributed by atoms with Crippen LogP contribution in [0.25, 0.3) is 0 Å². The Balaban J connectivity index is 1.97. The van der Waals surface area contributed by atoms with Crippen LogP contribution in [0.4, 0.5) is 0 Å². The average Bonchev–Trinajstić information content (AvgIpc) is 2.81. The van der Waals surface area contributed by atoms with Crippen LogP contribution < -0.4 is 0 Å². The van der Waals surface area contributed by atoms with Crippen LogP contribution in [0.15, 0.2) is 12.4 Å². The van der Waals surface area contributed by atoms with Crippen molar-refractivity contribution in [2.45, 2.75) is 46.6 Å². The van der Waals surface area contributed by atoms with Crippen molar-refractivity contribution in [1.82, 2.24) is 9.78 Å². The van der Waals surface area contributed by atoms with Crippen LogP contribution in [0.5, 0.6) is 0 Å². The average molecular weight is 206 g/mol. The number of rotatable bonds is 4. The van der Waals surface area contributed by atoms with E-state index in [2.05, 4.69) is 43.7 Å². The summed E-state index contributed by atoms with van der Waals surface area (Å²) in [5, 5.41) is 4.48. The molecule has 1 unspecified atom stereocenters. The highest BCUT2D eigenvalue weighted by Gasteiger charge is 2.41. The molecule has 0 aromatic carbocycles. The van der Waals surface area contributed by atoms with E-state index >= 15 is 0 Å². The fourth-order valence-electron chi connectivity index (χ4n) is 2.36. The fourth-order valence-corrected chi connectivity index (χ4v) is 2.36.